The number of nitro benzene ring substituents is 1. The van der Waals surface area contributed by atoms with Gasteiger partial charge in [0.15, 0.2) is 5.82 Å². The summed E-state index contributed by atoms with van der Waals surface area (Å²) in [6, 6.07) is 1.86. The summed E-state index contributed by atoms with van der Waals surface area (Å²) in [5.41, 5.74) is -0.809. The van der Waals surface area contributed by atoms with Crippen molar-refractivity contribution in [1.82, 2.24) is 0 Å². The maximum absolute atomic E-state index is 12.5. The maximum Gasteiger partial charge on any atom is 0.332 e. The zero-order valence-electron chi connectivity index (χ0n) is 5.62. The van der Waals surface area contributed by atoms with Gasteiger partial charge in [-0.15, -0.1) is 0 Å². The van der Waals surface area contributed by atoms with Gasteiger partial charge in [-0.2, -0.15) is 0 Å². The number of phenolic OH excluding ortho intramolecular Hbond substituents is 1. The van der Waals surface area contributed by atoms with Crippen LogP contribution in [-0.4, -0.2) is 10.0 Å². The lowest BCUT2D eigenvalue weighted by molar-refractivity contribution is -0.385. The lowest BCUT2D eigenvalue weighted by Crippen LogP contribution is -1.91. The summed E-state index contributed by atoms with van der Waals surface area (Å²) in [7, 11) is 0. The molecule has 0 radical (unpaired) electrons. The van der Waals surface area contributed by atoms with E-state index in [1.54, 1.807) is 0 Å². The fraction of sp³-hybridized carbons (Fsp3) is 0. The highest BCUT2D eigenvalue weighted by Gasteiger charge is 2.21. The van der Waals surface area contributed by atoms with Gasteiger partial charge in [-0.25, -0.2) is 4.39 Å². The van der Waals surface area contributed by atoms with Crippen LogP contribution in [0.15, 0.2) is 12.1 Å². The molecule has 0 unspecified atom stereocenters. The number of hydrogen-bond acceptors (Lipinski definition) is 3. The van der Waals surface area contributed by atoms with Crippen molar-refractivity contribution in [2.24, 2.45) is 0 Å². The predicted octanol–water partition coefficient (Wildman–Crippen LogP) is 2.09. The molecule has 1 N–H and O–H groups in total. The first-order valence-corrected chi connectivity index (χ1v) is 3.23. The molecule has 12 heavy (non-hydrogen) atoms. The van der Waals surface area contributed by atoms with Crippen molar-refractivity contribution in [2.45, 2.75) is 0 Å². The molecule has 0 bridgehead atoms. The minimum atomic E-state index is -1.06. The summed E-state index contributed by atoms with van der Waals surface area (Å²) in [4.78, 5) is 9.25. The molecule has 0 fully saturated rings. The Labute approximate surface area is 71.3 Å². The molecule has 6 heteroatoms. The Kier molecular flexibility index (Phi) is 2.14. The van der Waals surface area contributed by atoms with E-state index in [1.165, 1.54) is 0 Å². The first-order chi connectivity index (χ1) is 5.54. The van der Waals surface area contributed by atoms with Crippen molar-refractivity contribution < 1.29 is 14.4 Å². The molecule has 0 spiro atoms. The monoisotopic (exact) mass is 191 g/mol. The van der Waals surface area contributed by atoms with Crippen molar-refractivity contribution in [3.05, 3.63) is 33.1 Å². The van der Waals surface area contributed by atoms with Crippen LogP contribution in [0.3, 0.4) is 0 Å². The third-order valence-corrected chi connectivity index (χ3v) is 1.54. The topological polar surface area (TPSA) is 63.4 Å². The smallest absolute Gasteiger partial charge is 0.332 e. The Morgan fingerprint density at radius 3 is 2.58 bits per heavy atom. The minimum Gasteiger partial charge on any atom is -0.500 e. The van der Waals surface area contributed by atoms with Crippen LogP contribution >= 0.6 is 11.6 Å². The first-order valence-electron chi connectivity index (χ1n) is 2.85. The van der Waals surface area contributed by atoms with E-state index < -0.39 is 22.2 Å². The highest BCUT2D eigenvalue weighted by molar-refractivity contribution is 6.32. The number of aromatic hydroxyl groups is 1. The SMILES string of the molecule is O=[N+]([O-])c1c(Cl)ccc(F)c1O. The molecule has 0 aromatic heterocycles. The predicted molar refractivity (Wildman–Crippen MR) is 39.7 cm³/mol. The van der Waals surface area contributed by atoms with E-state index in [1.807, 2.05) is 0 Å². The fourth-order valence-electron chi connectivity index (χ4n) is 0.704. The van der Waals surface area contributed by atoms with Crippen LogP contribution in [-0.2, 0) is 0 Å². The Balaban J connectivity index is 3.43. The van der Waals surface area contributed by atoms with Gasteiger partial charge in [-0.05, 0) is 12.1 Å². The van der Waals surface area contributed by atoms with Crippen LogP contribution in [0.25, 0.3) is 0 Å². The van der Waals surface area contributed by atoms with Crippen LogP contribution in [0.4, 0.5) is 10.1 Å². The summed E-state index contributed by atoms with van der Waals surface area (Å²) >= 11 is 5.33. The van der Waals surface area contributed by atoms with Crippen molar-refractivity contribution in [3.8, 4) is 5.75 Å². The summed E-state index contributed by atoms with van der Waals surface area (Å²) < 4.78 is 12.5. The molecule has 1 aromatic carbocycles. The van der Waals surface area contributed by atoms with Crippen LogP contribution in [0, 0.1) is 15.9 Å². The van der Waals surface area contributed by atoms with E-state index in [4.69, 9.17) is 16.7 Å². The molecule has 0 saturated heterocycles. The zero-order valence-corrected chi connectivity index (χ0v) is 6.38. The first kappa shape index (κ1) is 8.73. The van der Waals surface area contributed by atoms with E-state index in [0.29, 0.717) is 0 Å². The number of rotatable bonds is 1. The Bertz CT molecular complexity index is 342. The molecule has 0 amide bonds. The van der Waals surface area contributed by atoms with E-state index in [2.05, 4.69) is 0 Å². The highest BCUT2D eigenvalue weighted by Crippen LogP contribution is 2.35. The van der Waals surface area contributed by atoms with Gasteiger partial charge in [-0.1, -0.05) is 11.6 Å². The average molecular weight is 192 g/mol. The standard InChI is InChI=1S/C6H3ClFNO3/c7-3-1-2-4(8)6(10)5(3)9(11)12/h1-2,10H. The third kappa shape index (κ3) is 1.31. The van der Waals surface area contributed by atoms with Crippen LogP contribution in [0.2, 0.25) is 5.02 Å². The minimum absolute atomic E-state index is 0.293. The summed E-state index contributed by atoms with van der Waals surface area (Å²) in [5.74, 6) is -2.10. The number of benzene rings is 1. The normalized spacial score (nSPS) is 9.83. The van der Waals surface area contributed by atoms with Gasteiger partial charge < -0.3 is 5.11 Å². The molecule has 0 atom stereocenters. The largest absolute Gasteiger partial charge is 0.500 e. The second-order valence-electron chi connectivity index (χ2n) is 1.98. The third-order valence-electron chi connectivity index (χ3n) is 1.24. The second kappa shape index (κ2) is 2.94. The van der Waals surface area contributed by atoms with E-state index in [-0.39, 0.29) is 5.02 Å². The lowest BCUT2D eigenvalue weighted by atomic mass is 10.3. The summed E-state index contributed by atoms with van der Waals surface area (Å²) in [6.45, 7) is 0. The molecule has 0 heterocycles. The lowest BCUT2D eigenvalue weighted by Gasteiger charge is -1.97. The van der Waals surface area contributed by atoms with Gasteiger partial charge >= 0.3 is 5.69 Å². The summed E-state index contributed by atoms with van der Waals surface area (Å²) in [5, 5.41) is 18.7. The molecule has 1 rings (SSSR count). The molecule has 4 nitrogen and oxygen atoms in total. The van der Waals surface area contributed by atoms with Gasteiger partial charge in [0.25, 0.3) is 0 Å². The van der Waals surface area contributed by atoms with Crippen molar-refractivity contribution in [3.63, 3.8) is 0 Å². The molecule has 0 aliphatic heterocycles. The van der Waals surface area contributed by atoms with Crippen LogP contribution < -0.4 is 0 Å². The molecule has 0 aliphatic carbocycles. The van der Waals surface area contributed by atoms with Crippen LogP contribution in [0.1, 0.15) is 0 Å². The van der Waals surface area contributed by atoms with E-state index in [9.17, 15) is 14.5 Å². The average Bonchev–Trinajstić information content (AvgIpc) is 1.97. The van der Waals surface area contributed by atoms with Crippen molar-refractivity contribution in [1.29, 1.82) is 0 Å². The number of hydrogen-bond donors (Lipinski definition) is 1. The molecule has 0 aliphatic rings. The number of halogens is 2. The Hall–Kier alpha value is -1.36. The summed E-state index contributed by atoms with van der Waals surface area (Å²) in [6.07, 6.45) is 0. The van der Waals surface area contributed by atoms with Gasteiger partial charge in [0, 0.05) is 0 Å². The van der Waals surface area contributed by atoms with Crippen LogP contribution in [0.5, 0.6) is 5.75 Å². The quantitative estimate of drug-likeness (QED) is 0.546. The van der Waals surface area contributed by atoms with Crippen molar-refractivity contribution in [2.75, 3.05) is 0 Å². The number of phenols is 1. The van der Waals surface area contributed by atoms with Gasteiger partial charge in [0.1, 0.15) is 5.02 Å². The van der Waals surface area contributed by atoms with Gasteiger partial charge in [-0.3, -0.25) is 10.1 Å². The van der Waals surface area contributed by atoms with Gasteiger partial charge in [0.2, 0.25) is 5.75 Å². The zero-order chi connectivity index (χ0) is 9.30. The molecule has 0 saturated carbocycles. The van der Waals surface area contributed by atoms with E-state index >= 15 is 0 Å². The number of nitrogens with zero attached hydrogens (tertiary/aromatic N) is 1. The second-order valence-corrected chi connectivity index (χ2v) is 2.39. The Morgan fingerprint density at radius 1 is 1.58 bits per heavy atom. The van der Waals surface area contributed by atoms with Crippen molar-refractivity contribution >= 4 is 17.3 Å². The molecule has 1 aromatic rings. The number of nitro groups is 1. The molecular weight excluding hydrogens is 189 g/mol. The Morgan fingerprint density at radius 2 is 2.17 bits per heavy atom. The highest BCUT2D eigenvalue weighted by atomic mass is 35.5. The molecular formula is C6H3ClFNO3. The van der Waals surface area contributed by atoms with E-state index in [0.717, 1.165) is 12.1 Å². The maximum atomic E-state index is 12.5. The molecule has 64 valence electrons. The van der Waals surface area contributed by atoms with Gasteiger partial charge in [0.05, 0.1) is 4.92 Å². The fourth-order valence-corrected chi connectivity index (χ4v) is 0.926.